The Kier molecular flexibility index (Phi) is 5.18. The van der Waals surface area contributed by atoms with E-state index in [0.717, 1.165) is 33.7 Å². The Morgan fingerprint density at radius 3 is 2.50 bits per heavy atom. The van der Waals surface area contributed by atoms with Gasteiger partial charge >= 0.3 is 5.69 Å². The molecule has 0 radical (unpaired) electrons. The van der Waals surface area contributed by atoms with Crippen LogP contribution in [0.1, 0.15) is 22.3 Å². The van der Waals surface area contributed by atoms with E-state index in [1.165, 1.54) is 14.9 Å². The first-order valence-corrected chi connectivity index (χ1v) is 9.68. The Labute approximate surface area is 174 Å². The second-order valence-corrected chi connectivity index (χ2v) is 7.36. The first-order valence-electron chi connectivity index (χ1n) is 9.68. The minimum atomic E-state index is -0.298. The number of hydrogen-bond donors (Lipinski definition) is 0. The van der Waals surface area contributed by atoms with Gasteiger partial charge in [0.15, 0.2) is 0 Å². The zero-order valence-electron chi connectivity index (χ0n) is 17.5. The maximum atomic E-state index is 12.3. The predicted molar refractivity (Wildman–Crippen MR) is 115 cm³/mol. The fourth-order valence-corrected chi connectivity index (χ4v) is 3.35. The smallest absolute Gasteiger partial charge is 0.368 e. The van der Waals surface area contributed by atoms with Gasteiger partial charge in [-0.1, -0.05) is 12.1 Å². The monoisotopic (exact) mass is 401 g/mol. The van der Waals surface area contributed by atoms with Gasteiger partial charge in [-0.15, -0.1) is 0 Å². The molecule has 0 atom stereocenters. The molecule has 0 aliphatic heterocycles. The molecule has 2 aromatic heterocycles. The molecule has 0 bridgehead atoms. The normalized spacial score (nSPS) is 10.9. The SMILES string of the molecule is Cc1ccnc(-c2ccc(OCc3c(C)cccc3-n3nnn(C)c3=O)c(C)c2)c1. The average molecular weight is 401 g/mol. The van der Waals surface area contributed by atoms with Crippen LogP contribution >= 0.6 is 0 Å². The van der Waals surface area contributed by atoms with Gasteiger partial charge in [0.25, 0.3) is 0 Å². The van der Waals surface area contributed by atoms with Crippen molar-refractivity contribution in [3.8, 4) is 22.7 Å². The van der Waals surface area contributed by atoms with E-state index >= 15 is 0 Å². The van der Waals surface area contributed by atoms with Crippen LogP contribution < -0.4 is 10.4 Å². The third-order valence-corrected chi connectivity index (χ3v) is 5.09. The molecule has 152 valence electrons. The first-order chi connectivity index (χ1) is 14.4. The maximum Gasteiger partial charge on any atom is 0.368 e. The van der Waals surface area contributed by atoms with E-state index in [1.54, 1.807) is 7.05 Å². The molecule has 0 spiro atoms. The molecule has 0 fully saturated rings. The topological polar surface area (TPSA) is 74.8 Å². The summed E-state index contributed by atoms with van der Waals surface area (Å²) in [6.45, 7) is 6.37. The second-order valence-electron chi connectivity index (χ2n) is 7.36. The van der Waals surface area contributed by atoms with Gasteiger partial charge in [-0.3, -0.25) is 4.98 Å². The number of ether oxygens (including phenoxy) is 1. The highest BCUT2D eigenvalue weighted by atomic mass is 16.5. The number of hydrogen-bond acceptors (Lipinski definition) is 5. The highest BCUT2D eigenvalue weighted by Crippen LogP contribution is 2.27. The zero-order valence-corrected chi connectivity index (χ0v) is 17.5. The standard InChI is InChI=1S/C23H23N5O2/c1-15-10-11-24-20(12-15)18-8-9-22(17(3)13-18)30-14-19-16(2)6-5-7-21(19)28-23(29)27(4)25-26-28/h5-13H,14H2,1-4H3. The minimum absolute atomic E-state index is 0.298. The van der Waals surface area contributed by atoms with Gasteiger partial charge in [-0.2, -0.15) is 9.36 Å². The van der Waals surface area contributed by atoms with Crippen LogP contribution in [-0.4, -0.2) is 24.8 Å². The molecule has 2 heterocycles. The summed E-state index contributed by atoms with van der Waals surface area (Å²) in [6, 6.07) is 15.8. The fourth-order valence-electron chi connectivity index (χ4n) is 3.35. The number of aryl methyl sites for hydroxylation is 4. The van der Waals surface area contributed by atoms with Crippen LogP contribution in [-0.2, 0) is 13.7 Å². The summed E-state index contributed by atoms with van der Waals surface area (Å²) < 4.78 is 8.64. The fraction of sp³-hybridized carbons (Fsp3) is 0.217. The highest BCUT2D eigenvalue weighted by molar-refractivity contribution is 5.62. The molecule has 0 saturated carbocycles. The Morgan fingerprint density at radius 2 is 1.80 bits per heavy atom. The third kappa shape index (κ3) is 3.74. The summed E-state index contributed by atoms with van der Waals surface area (Å²) in [5.41, 5.74) is 6.46. The molecule has 7 heteroatoms. The number of aromatic nitrogens is 5. The second kappa shape index (κ2) is 7.94. The number of pyridine rings is 1. The molecule has 30 heavy (non-hydrogen) atoms. The Morgan fingerprint density at radius 1 is 0.967 bits per heavy atom. The number of benzene rings is 2. The van der Waals surface area contributed by atoms with Crippen molar-refractivity contribution in [2.24, 2.45) is 7.05 Å². The molecule has 4 rings (SSSR count). The van der Waals surface area contributed by atoms with Gasteiger partial charge in [0.05, 0.1) is 11.4 Å². The quantitative estimate of drug-likeness (QED) is 0.511. The molecular weight excluding hydrogens is 378 g/mol. The van der Waals surface area contributed by atoms with Crippen molar-refractivity contribution >= 4 is 0 Å². The number of nitrogens with zero attached hydrogens (tertiary/aromatic N) is 5. The molecule has 0 unspecified atom stereocenters. The molecule has 0 aliphatic carbocycles. The van der Waals surface area contributed by atoms with Crippen molar-refractivity contribution < 1.29 is 4.74 Å². The van der Waals surface area contributed by atoms with Crippen molar-refractivity contribution in [1.29, 1.82) is 0 Å². The van der Waals surface area contributed by atoms with Crippen LogP contribution in [0, 0.1) is 20.8 Å². The molecule has 0 N–H and O–H groups in total. The maximum absolute atomic E-state index is 12.3. The largest absolute Gasteiger partial charge is 0.489 e. The van der Waals surface area contributed by atoms with E-state index in [4.69, 9.17) is 4.74 Å². The highest BCUT2D eigenvalue weighted by Gasteiger charge is 2.14. The minimum Gasteiger partial charge on any atom is -0.489 e. The summed E-state index contributed by atoms with van der Waals surface area (Å²) in [5, 5.41) is 7.78. The average Bonchev–Trinajstić information content (AvgIpc) is 3.06. The third-order valence-electron chi connectivity index (χ3n) is 5.09. The lowest BCUT2D eigenvalue weighted by molar-refractivity contribution is 0.302. The van der Waals surface area contributed by atoms with Crippen LogP contribution in [0.4, 0.5) is 0 Å². The number of rotatable bonds is 5. The van der Waals surface area contributed by atoms with E-state index in [1.807, 2.05) is 56.4 Å². The van der Waals surface area contributed by atoms with Gasteiger partial charge in [0.1, 0.15) is 12.4 Å². The molecular formula is C23H23N5O2. The summed E-state index contributed by atoms with van der Waals surface area (Å²) in [4.78, 5) is 16.8. The first kappa shape index (κ1) is 19.6. The van der Waals surface area contributed by atoms with E-state index in [0.29, 0.717) is 12.3 Å². The van der Waals surface area contributed by atoms with Gasteiger partial charge in [-0.25, -0.2) is 4.79 Å². The lowest BCUT2D eigenvalue weighted by Gasteiger charge is -2.15. The molecule has 0 amide bonds. The van der Waals surface area contributed by atoms with E-state index in [2.05, 4.69) is 34.5 Å². The lowest BCUT2D eigenvalue weighted by Crippen LogP contribution is -2.23. The molecule has 0 saturated heterocycles. The van der Waals surface area contributed by atoms with Crippen molar-refractivity contribution in [3.63, 3.8) is 0 Å². The van der Waals surface area contributed by atoms with Crippen molar-refractivity contribution in [2.45, 2.75) is 27.4 Å². The Balaban J connectivity index is 1.61. The predicted octanol–water partition coefficient (Wildman–Crippen LogP) is 3.53. The van der Waals surface area contributed by atoms with Crippen LogP contribution in [0.2, 0.25) is 0 Å². The molecule has 4 aromatic rings. The summed E-state index contributed by atoms with van der Waals surface area (Å²) in [5.74, 6) is 0.784. The van der Waals surface area contributed by atoms with Crippen molar-refractivity contribution in [3.05, 3.63) is 87.5 Å². The molecule has 2 aromatic carbocycles. The molecule has 7 nitrogen and oxygen atoms in total. The van der Waals surface area contributed by atoms with Crippen molar-refractivity contribution in [2.75, 3.05) is 0 Å². The van der Waals surface area contributed by atoms with Gasteiger partial charge in [0, 0.05) is 24.4 Å². The summed E-state index contributed by atoms with van der Waals surface area (Å²) in [6.07, 6.45) is 1.82. The zero-order chi connectivity index (χ0) is 21.3. The van der Waals surface area contributed by atoms with E-state index in [9.17, 15) is 4.79 Å². The summed E-state index contributed by atoms with van der Waals surface area (Å²) in [7, 11) is 1.58. The van der Waals surface area contributed by atoms with Gasteiger partial charge in [0.2, 0.25) is 0 Å². The summed E-state index contributed by atoms with van der Waals surface area (Å²) >= 11 is 0. The molecule has 0 aliphatic rings. The van der Waals surface area contributed by atoms with Gasteiger partial charge < -0.3 is 4.74 Å². The van der Waals surface area contributed by atoms with Crippen LogP contribution in [0.5, 0.6) is 5.75 Å². The van der Waals surface area contributed by atoms with E-state index in [-0.39, 0.29) is 5.69 Å². The van der Waals surface area contributed by atoms with Crippen LogP contribution in [0.25, 0.3) is 16.9 Å². The van der Waals surface area contributed by atoms with Crippen molar-refractivity contribution in [1.82, 2.24) is 24.8 Å². The Bertz CT molecular complexity index is 1270. The van der Waals surface area contributed by atoms with E-state index < -0.39 is 0 Å². The number of tetrazole rings is 1. The Hall–Kier alpha value is -3.74. The van der Waals surface area contributed by atoms with Crippen LogP contribution in [0.3, 0.4) is 0 Å². The van der Waals surface area contributed by atoms with Gasteiger partial charge in [-0.05, 0) is 84.3 Å². The lowest BCUT2D eigenvalue weighted by atomic mass is 10.1. The van der Waals surface area contributed by atoms with Crippen LogP contribution in [0.15, 0.2) is 59.5 Å².